The third-order valence-electron chi connectivity index (χ3n) is 2.58. The van der Waals surface area contributed by atoms with E-state index in [2.05, 4.69) is 0 Å². The van der Waals surface area contributed by atoms with Crippen molar-refractivity contribution < 1.29 is 19.0 Å². The van der Waals surface area contributed by atoms with E-state index in [0.29, 0.717) is 25.4 Å². The Kier molecular flexibility index (Phi) is 3.19. The largest absolute Gasteiger partial charge is 0.489 e. The van der Waals surface area contributed by atoms with Crippen LogP contribution in [0.1, 0.15) is 25.8 Å². The fourth-order valence-corrected chi connectivity index (χ4v) is 1.94. The minimum atomic E-state index is -1.32. The normalized spacial score (nSPS) is 15.6. The summed E-state index contributed by atoms with van der Waals surface area (Å²) in [5.74, 6) is -0.0656. The van der Waals surface area contributed by atoms with Crippen LogP contribution in [0.15, 0.2) is 6.07 Å². The molecule has 5 heteroatoms. The van der Waals surface area contributed by atoms with Gasteiger partial charge in [-0.2, -0.15) is 0 Å². The Labute approximate surface area is 104 Å². The monoisotopic (exact) mass is 260 g/mol. The van der Waals surface area contributed by atoms with Crippen LogP contribution in [0, 0.1) is 5.82 Å². The third-order valence-corrected chi connectivity index (χ3v) is 2.92. The van der Waals surface area contributed by atoms with Crippen molar-refractivity contribution in [1.82, 2.24) is 0 Å². The zero-order chi connectivity index (χ0) is 12.6. The van der Waals surface area contributed by atoms with Crippen LogP contribution < -0.4 is 9.47 Å². The lowest BCUT2D eigenvalue weighted by Gasteiger charge is -2.21. The van der Waals surface area contributed by atoms with E-state index in [1.807, 2.05) is 0 Å². The quantitative estimate of drug-likeness (QED) is 0.844. The first-order chi connectivity index (χ1) is 7.91. The summed E-state index contributed by atoms with van der Waals surface area (Å²) in [6, 6.07) is 1.45. The van der Waals surface area contributed by atoms with Gasteiger partial charge in [-0.3, -0.25) is 0 Å². The summed E-state index contributed by atoms with van der Waals surface area (Å²) < 4.78 is 24.8. The fourth-order valence-electron chi connectivity index (χ4n) is 1.69. The summed E-state index contributed by atoms with van der Waals surface area (Å²) in [5.41, 5.74) is -1.22. The maximum atomic E-state index is 14.0. The zero-order valence-corrected chi connectivity index (χ0v) is 10.5. The second-order valence-corrected chi connectivity index (χ2v) is 4.87. The number of fused-ring (bicyclic) bond motifs is 1. The molecule has 2 rings (SSSR count). The van der Waals surface area contributed by atoms with Gasteiger partial charge in [0.25, 0.3) is 0 Å². The number of halogens is 2. The van der Waals surface area contributed by atoms with Gasteiger partial charge in [0.2, 0.25) is 0 Å². The molecule has 0 radical (unpaired) electrons. The second-order valence-electron chi connectivity index (χ2n) is 4.49. The highest BCUT2D eigenvalue weighted by molar-refractivity contribution is 6.32. The summed E-state index contributed by atoms with van der Waals surface area (Å²) in [7, 11) is 0. The Morgan fingerprint density at radius 1 is 1.35 bits per heavy atom. The lowest BCUT2D eigenvalue weighted by Crippen LogP contribution is -2.18. The van der Waals surface area contributed by atoms with Gasteiger partial charge < -0.3 is 14.6 Å². The van der Waals surface area contributed by atoms with Crippen molar-refractivity contribution in [3.05, 3.63) is 22.5 Å². The minimum Gasteiger partial charge on any atom is -0.489 e. The lowest BCUT2D eigenvalue weighted by molar-refractivity contribution is 0.0741. The van der Waals surface area contributed by atoms with Crippen molar-refractivity contribution in [1.29, 1.82) is 0 Å². The van der Waals surface area contributed by atoms with E-state index in [-0.39, 0.29) is 16.3 Å². The van der Waals surface area contributed by atoms with Gasteiger partial charge in [0, 0.05) is 12.0 Å². The molecule has 0 fully saturated rings. The molecule has 1 aliphatic rings. The van der Waals surface area contributed by atoms with Gasteiger partial charge in [-0.25, -0.2) is 4.39 Å². The van der Waals surface area contributed by atoms with E-state index in [4.69, 9.17) is 21.1 Å². The molecule has 0 atom stereocenters. The molecular weight excluding hydrogens is 247 g/mol. The van der Waals surface area contributed by atoms with E-state index >= 15 is 0 Å². The van der Waals surface area contributed by atoms with Crippen LogP contribution in [0.4, 0.5) is 4.39 Å². The number of benzene rings is 1. The summed E-state index contributed by atoms with van der Waals surface area (Å²) in [6.07, 6.45) is 0.713. The summed E-state index contributed by atoms with van der Waals surface area (Å²) >= 11 is 5.90. The fraction of sp³-hybridized carbons (Fsp3) is 0.500. The van der Waals surface area contributed by atoms with Crippen molar-refractivity contribution in [2.45, 2.75) is 25.9 Å². The van der Waals surface area contributed by atoms with E-state index in [0.717, 1.165) is 0 Å². The Bertz CT molecular complexity index is 440. The molecule has 0 amide bonds. The Morgan fingerprint density at radius 2 is 2.00 bits per heavy atom. The van der Waals surface area contributed by atoms with E-state index in [9.17, 15) is 9.50 Å². The Morgan fingerprint density at radius 3 is 2.65 bits per heavy atom. The molecule has 0 aromatic heterocycles. The standard InChI is InChI=1S/C12H14ClFO3/c1-12(2,15)7-6-8-11(9(13)10(7)14)17-5-3-4-16-8/h6,15H,3-5H2,1-2H3. The number of hydrogen-bond acceptors (Lipinski definition) is 3. The molecule has 1 N–H and O–H groups in total. The first-order valence-corrected chi connectivity index (χ1v) is 5.79. The average Bonchev–Trinajstić information content (AvgIpc) is 2.46. The van der Waals surface area contributed by atoms with Crippen molar-refractivity contribution in [3.8, 4) is 11.5 Å². The van der Waals surface area contributed by atoms with Crippen LogP contribution in [-0.2, 0) is 5.60 Å². The summed E-state index contributed by atoms with van der Waals surface area (Å²) in [4.78, 5) is 0. The van der Waals surface area contributed by atoms with Gasteiger partial charge in [0.1, 0.15) is 5.02 Å². The highest BCUT2D eigenvalue weighted by Crippen LogP contribution is 2.42. The van der Waals surface area contributed by atoms with Gasteiger partial charge in [-0.1, -0.05) is 11.6 Å². The smallest absolute Gasteiger partial charge is 0.182 e. The number of aliphatic hydroxyl groups is 1. The van der Waals surface area contributed by atoms with Crippen LogP contribution in [-0.4, -0.2) is 18.3 Å². The predicted molar refractivity (Wildman–Crippen MR) is 62.3 cm³/mol. The van der Waals surface area contributed by atoms with Gasteiger partial charge in [-0.05, 0) is 19.9 Å². The zero-order valence-electron chi connectivity index (χ0n) is 9.72. The van der Waals surface area contributed by atoms with E-state index in [1.54, 1.807) is 0 Å². The third kappa shape index (κ3) is 2.33. The first-order valence-electron chi connectivity index (χ1n) is 5.41. The number of rotatable bonds is 1. The molecule has 0 aliphatic carbocycles. The maximum absolute atomic E-state index is 14.0. The highest BCUT2D eigenvalue weighted by atomic mass is 35.5. The molecule has 1 aromatic rings. The first kappa shape index (κ1) is 12.5. The molecule has 17 heavy (non-hydrogen) atoms. The minimum absolute atomic E-state index is 0.103. The van der Waals surface area contributed by atoms with Gasteiger partial charge >= 0.3 is 0 Å². The molecule has 0 unspecified atom stereocenters. The second kappa shape index (κ2) is 4.35. The molecule has 1 aliphatic heterocycles. The van der Waals surface area contributed by atoms with Crippen LogP contribution in [0.3, 0.4) is 0 Å². The number of hydrogen-bond donors (Lipinski definition) is 1. The highest BCUT2D eigenvalue weighted by Gasteiger charge is 2.28. The van der Waals surface area contributed by atoms with Crippen LogP contribution in [0.5, 0.6) is 11.5 Å². The molecular formula is C12H14ClFO3. The molecule has 0 saturated heterocycles. The molecule has 0 spiro atoms. The molecule has 1 aromatic carbocycles. The number of ether oxygens (including phenoxy) is 2. The van der Waals surface area contributed by atoms with Crippen molar-refractivity contribution in [2.75, 3.05) is 13.2 Å². The van der Waals surface area contributed by atoms with Crippen molar-refractivity contribution >= 4 is 11.6 Å². The van der Waals surface area contributed by atoms with E-state index in [1.165, 1.54) is 19.9 Å². The van der Waals surface area contributed by atoms with Crippen LogP contribution >= 0.6 is 11.6 Å². The predicted octanol–water partition coefficient (Wildman–Crippen LogP) is 2.87. The Hall–Kier alpha value is -1.00. The SMILES string of the molecule is CC(C)(O)c1cc2c(c(Cl)c1F)OCCCO2. The average molecular weight is 261 g/mol. The summed E-state index contributed by atoms with van der Waals surface area (Å²) in [6.45, 7) is 3.91. The van der Waals surface area contributed by atoms with Crippen LogP contribution in [0.2, 0.25) is 5.02 Å². The summed E-state index contributed by atoms with van der Waals surface area (Å²) in [5, 5.41) is 9.73. The molecule has 1 heterocycles. The van der Waals surface area contributed by atoms with Gasteiger partial charge in [0.15, 0.2) is 17.3 Å². The topological polar surface area (TPSA) is 38.7 Å². The lowest BCUT2D eigenvalue weighted by atomic mass is 9.97. The maximum Gasteiger partial charge on any atom is 0.182 e. The molecule has 0 saturated carbocycles. The van der Waals surface area contributed by atoms with Crippen molar-refractivity contribution in [2.24, 2.45) is 0 Å². The molecule has 3 nitrogen and oxygen atoms in total. The van der Waals surface area contributed by atoms with Crippen LogP contribution in [0.25, 0.3) is 0 Å². The van der Waals surface area contributed by atoms with Gasteiger partial charge in [0.05, 0.1) is 18.8 Å². The molecule has 0 bridgehead atoms. The van der Waals surface area contributed by atoms with Crippen molar-refractivity contribution in [3.63, 3.8) is 0 Å². The van der Waals surface area contributed by atoms with E-state index < -0.39 is 11.4 Å². The Balaban J connectivity index is 2.59. The molecule has 94 valence electrons. The van der Waals surface area contributed by atoms with Gasteiger partial charge in [-0.15, -0.1) is 0 Å².